The number of amides is 1. The lowest BCUT2D eigenvalue weighted by Gasteiger charge is -2.30. The van der Waals surface area contributed by atoms with Crippen LogP contribution in [0.4, 0.5) is 0 Å². The molecule has 138 valence electrons. The predicted octanol–water partition coefficient (Wildman–Crippen LogP) is 4.70. The van der Waals surface area contributed by atoms with Crippen molar-refractivity contribution in [2.45, 2.75) is 57.9 Å². The van der Waals surface area contributed by atoms with Gasteiger partial charge in [0.15, 0.2) is 0 Å². The van der Waals surface area contributed by atoms with Crippen molar-refractivity contribution in [2.75, 3.05) is 6.61 Å². The van der Waals surface area contributed by atoms with E-state index in [-0.39, 0.29) is 17.4 Å². The minimum absolute atomic E-state index is 0.0368. The molecule has 3 rings (SSSR count). The third-order valence-corrected chi connectivity index (χ3v) is 5.57. The summed E-state index contributed by atoms with van der Waals surface area (Å²) in [5.74, 6) is 0.991. The van der Waals surface area contributed by atoms with Gasteiger partial charge in [-0.2, -0.15) is 0 Å². The van der Waals surface area contributed by atoms with E-state index in [9.17, 15) is 4.79 Å². The Morgan fingerprint density at radius 3 is 2.42 bits per heavy atom. The normalized spacial score (nSPS) is 16.9. The van der Waals surface area contributed by atoms with Crippen LogP contribution >= 0.6 is 0 Å². The number of aryl methyl sites for hydroxylation is 2. The lowest BCUT2D eigenvalue weighted by Crippen LogP contribution is -2.47. The Morgan fingerprint density at radius 1 is 1.08 bits per heavy atom. The first kappa shape index (κ1) is 18.5. The molecule has 3 heteroatoms. The Hall–Kier alpha value is -2.29. The Kier molecular flexibility index (Phi) is 5.65. The summed E-state index contributed by atoms with van der Waals surface area (Å²) < 4.78 is 5.89. The molecule has 0 aliphatic heterocycles. The monoisotopic (exact) mass is 351 g/mol. The van der Waals surface area contributed by atoms with Crippen molar-refractivity contribution in [2.24, 2.45) is 0 Å². The van der Waals surface area contributed by atoms with E-state index in [2.05, 4.69) is 37.4 Å². The summed E-state index contributed by atoms with van der Waals surface area (Å²) in [7, 11) is 0. The number of ether oxygens (including phenoxy) is 1. The maximum atomic E-state index is 13.1. The van der Waals surface area contributed by atoms with Crippen molar-refractivity contribution >= 4 is 5.91 Å². The summed E-state index contributed by atoms with van der Waals surface area (Å²) in [5, 5.41) is 3.19. The highest BCUT2D eigenvalue weighted by Crippen LogP contribution is 2.41. The number of hydrogen-bond acceptors (Lipinski definition) is 2. The van der Waals surface area contributed by atoms with Crippen molar-refractivity contribution in [3.05, 3.63) is 65.2 Å². The Balaban J connectivity index is 1.63. The molecule has 1 saturated carbocycles. The van der Waals surface area contributed by atoms with Crippen LogP contribution in [0.25, 0.3) is 0 Å². The molecule has 1 amide bonds. The van der Waals surface area contributed by atoms with Crippen LogP contribution in [0.5, 0.6) is 5.75 Å². The smallest absolute Gasteiger partial charge is 0.230 e. The molecule has 0 spiro atoms. The van der Waals surface area contributed by atoms with Crippen molar-refractivity contribution < 1.29 is 9.53 Å². The third kappa shape index (κ3) is 3.92. The number of rotatable bonds is 6. The molecule has 2 aromatic rings. The molecule has 1 aliphatic carbocycles. The van der Waals surface area contributed by atoms with Gasteiger partial charge in [-0.05, 0) is 62.4 Å². The number of carbonyl (C=O) groups is 1. The molecule has 1 fully saturated rings. The van der Waals surface area contributed by atoms with Crippen molar-refractivity contribution in [1.82, 2.24) is 5.32 Å². The molecule has 26 heavy (non-hydrogen) atoms. The number of nitrogens with one attached hydrogen (secondary N) is 1. The quantitative estimate of drug-likeness (QED) is 0.819. The summed E-state index contributed by atoms with van der Waals surface area (Å²) in [6.45, 7) is 6.65. The lowest BCUT2D eigenvalue weighted by atomic mass is 9.78. The van der Waals surface area contributed by atoms with Gasteiger partial charge in [0.2, 0.25) is 5.91 Å². The van der Waals surface area contributed by atoms with Crippen LogP contribution in [0, 0.1) is 13.8 Å². The van der Waals surface area contributed by atoms with E-state index in [0.29, 0.717) is 6.61 Å². The fraction of sp³-hybridized carbons (Fsp3) is 0.435. The van der Waals surface area contributed by atoms with Crippen LogP contribution < -0.4 is 10.1 Å². The summed E-state index contributed by atoms with van der Waals surface area (Å²) in [4.78, 5) is 13.1. The average molecular weight is 351 g/mol. The van der Waals surface area contributed by atoms with Crippen LogP contribution in [-0.4, -0.2) is 18.6 Å². The number of carbonyl (C=O) groups excluding carboxylic acids is 1. The van der Waals surface area contributed by atoms with Gasteiger partial charge < -0.3 is 10.1 Å². The average Bonchev–Trinajstić information content (AvgIpc) is 3.15. The molecule has 1 unspecified atom stereocenters. The Labute approximate surface area is 156 Å². The maximum Gasteiger partial charge on any atom is 0.230 e. The fourth-order valence-electron chi connectivity index (χ4n) is 3.81. The summed E-state index contributed by atoms with van der Waals surface area (Å²) in [6.07, 6.45) is 4.06. The van der Waals surface area contributed by atoms with Gasteiger partial charge in [-0.15, -0.1) is 0 Å². The molecule has 0 aromatic heterocycles. The zero-order valence-corrected chi connectivity index (χ0v) is 16.0. The second-order valence-electron chi connectivity index (χ2n) is 7.59. The molecule has 1 atom stereocenters. The predicted molar refractivity (Wildman–Crippen MR) is 106 cm³/mol. The van der Waals surface area contributed by atoms with Crippen LogP contribution in [-0.2, 0) is 10.2 Å². The first-order valence-corrected chi connectivity index (χ1v) is 9.58. The van der Waals surface area contributed by atoms with Gasteiger partial charge >= 0.3 is 0 Å². The highest BCUT2D eigenvalue weighted by Gasteiger charge is 2.42. The van der Waals surface area contributed by atoms with Crippen LogP contribution in [0.1, 0.15) is 49.3 Å². The fourth-order valence-corrected chi connectivity index (χ4v) is 3.81. The standard InChI is InChI=1S/C23H29NO2/c1-17-11-12-21(15-18(17)2)26-16-19(3)24-22(25)23(13-7-8-14-23)20-9-5-4-6-10-20/h4-6,9-12,15,19H,7-8,13-14,16H2,1-3H3,(H,24,25). The van der Waals surface area contributed by atoms with E-state index in [1.807, 2.05) is 37.3 Å². The summed E-state index contributed by atoms with van der Waals surface area (Å²) in [5.41, 5.74) is 3.23. The van der Waals surface area contributed by atoms with E-state index in [4.69, 9.17) is 4.74 Å². The first-order chi connectivity index (χ1) is 12.5. The summed E-state index contributed by atoms with van der Waals surface area (Å²) in [6, 6.07) is 16.3. The lowest BCUT2D eigenvalue weighted by molar-refractivity contribution is -0.127. The van der Waals surface area contributed by atoms with Crippen LogP contribution in [0.3, 0.4) is 0 Å². The Morgan fingerprint density at radius 2 is 1.77 bits per heavy atom. The van der Waals surface area contributed by atoms with Gasteiger partial charge in [0.05, 0.1) is 11.5 Å². The first-order valence-electron chi connectivity index (χ1n) is 9.58. The molecule has 2 aromatic carbocycles. The topological polar surface area (TPSA) is 38.3 Å². The number of hydrogen-bond donors (Lipinski definition) is 1. The zero-order valence-electron chi connectivity index (χ0n) is 16.0. The van der Waals surface area contributed by atoms with Crippen LogP contribution in [0.15, 0.2) is 48.5 Å². The largest absolute Gasteiger partial charge is 0.491 e. The zero-order chi connectivity index (χ0) is 18.6. The molecule has 1 N–H and O–H groups in total. The number of benzene rings is 2. The van der Waals surface area contributed by atoms with E-state index in [1.165, 1.54) is 11.1 Å². The minimum atomic E-state index is -0.379. The van der Waals surface area contributed by atoms with E-state index >= 15 is 0 Å². The SMILES string of the molecule is Cc1ccc(OCC(C)NC(=O)C2(c3ccccc3)CCCC2)cc1C. The van der Waals surface area contributed by atoms with Gasteiger partial charge in [0, 0.05) is 0 Å². The second kappa shape index (κ2) is 7.94. The van der Waals surface area contributed by atoms with Gasteiger partial charge in [-0.25, -0.2) is 0 Å². The molecular weight excluding hydrogens is 322 g/mol. The van der Waals surface area contributed by atoms with Crippen molar-refractivity contribution in [3.8, 4) is 5.75 Å². The third-order valence-electron chi connectivity index (χ3n) is 5.57. The van der Waals surface area contributed by atoms with E-state index in [0.717, 1.165) is 37.0 Å². The molecule has 3 nitrogen and oxygen atoms in total. The van der Waals surface area contributed by atoms with Crippen molar-refractivity contribution in [3.63, 3.8) is 0 Å². The minimum Gasteiger partial charge on any atom is -0.491 e. The highest BCUT2D eigenvalue weighted by atomic mass is 16.5. The molecular formula is C23H29NO2. The molecule has 0 heterocycles. The van der Waals surface area contributed by atoms with Gasteiger partial charge in [-0.3, -0.25) is 4.79 Å². The van der Waals surface area contributed by atoms with E-state index < -0.39 is 0 Å². The van der Waals surface area contributed by atoms with Gasteiger partial charge in [0.25, 0.3) is 0 Å². The van der Waals surface area contributed by atoms with Crippen molar-refractivity contribution in [1.29, 1.82) is 0 Å². The van der Waals surface area contributed by atoms with E-state index in [1.54, 1.807) is 0 Å². The second-order valence-corrected chi connectivity index (χ2v) is 7.59. The molecule has 1 aliphatic rings. The van der Waals surface area contributed by atoms with Gasteiger partial charge in [-0.1, -0.05) is 49.2 Å². The van der Waals surface area contributed by atoms with Crippen LogP contribution in [0.2, 0.25) is 0 Å². The molecule has 0 radical (unpaired) electrons. The maximum absolute atomic E-state index is 13.1. The summed E-state index contributed by atoms with van der Waals surface area (Å²) >= 11 is 0. The Bertz CT molecular complexity index is 748. The molecule has 0 saturated heterocycles. The van der Waals surface area contributed by atoms with Gasteiger partial charge in [0.1, 0.15) is 12.4 Å². The highest BCUT2D eigenvalue weighted by molar-refractivity contribution is 5.88. The molecule has 0 bridgehead atoms.